The number of nitrogens with one attached hydrogen (secondary N) is 1. The standard InChI is InChI=1S/C20H27N5/c21-20-23-18-16(15-7-2-1-3-8-15)9-6-10-17(18)19(24-20)22-11-14-25-12-4-5-13-25/h1-3,7-8,16H,4-6,9-14H2,(H3,21,22,23,24). The van der Waals surface area contributed by atoms with Crippen molar-refractivity contribution in [3.63, 3.8) is 0 Å². The van der Waals surface area contributed by atoms with Gasteiger partial charge in [-0.25, -0.2) is 4.98 Å². The van der Waals surface area contributed by atoms with Crippen molar-refractivity contribution in [2.75, 3.05) is 37.2 Å². The average molecular weight is 337 g/mol. The molecule has 2 heterocycles. The molecule has 0 amide bonds. The summed E-state index contributed by atoms with van der Waals surface area (Å²) in [6.45, 7) is 4.43. The minimum Gasteiger partial charge on any atom is -0.368 e. The van der Waals surface area contributed by atoms with E-state index in [0.29, 0.717) is 11.9 Å². The van der Waals surface area contributed by atoms with Crippen molar-refractivity contribution in [2.24, 2.45) is 0 Å². The predicted molar refractivity (Wildman–Crippen MR) is 102 cm³/mol. The molecule has 3 N–H and O–H groups in total. The number of nitrogens with two attached hydrogens (primary N) is 1. The Morgan fingerprint density at radius 3 is 2.68 bits per heavy atom. The summed E-state index contributed by atoms with van der Waals surface area (Å²) in [6, 6.07) is 10.6. The molecule has 1 aliphatic heterocycles. The Kier molecular flexibility index (Phi) is 4.83. The van der Waals surface area contributed by atoms with Crippen LogP contribution in [0, 0.1) is 0 Å². The number of fused-ring (bicyclic) bond motifs is 1. The first-order valence-corrected chi connectivity index (χ1v) is 9.49. The van der Waals surface area contributed by atoms with Crippen molar-refractivity contribution < 1.29 is 0 Å². The Hall–Kier alpha value is -2.14. The van der Waals surface area contributed by atoms with Crippen molar-refractivity contribution in [1.29, 1.82) is 0 Å². The number of nitrogens with zero attached hydrogens (tertiary/aromatic N) is 3. The molecule has 1 aromatic heterocycles. The highest BCUT2D eigenvalue weighted by molar-refractivity contribution is 5.53. The molecule has 0 saturated carbocycles. The fraction of sp³-hybridized carbons (Fsp3) is 0.500. The van der Waals surface area contributed by atoms with Crippen molar-refractivity contribution in [2.45, 2.75) is 38.0 Å². The molecular formula is C20H27N5. The normalized spacial score (nSPS) is 20.4. The van der Waals surface area contributed by atoms with Crippen LogP contribution >= 0.6 is 0 Å². The molecule has 0 spiro atoms. The fourth-order valence-corrected chi connectivity index (χ4v) is 4.17. The number of nitrogen functional groups attached to an aromatic ring is 1. The molecule has 5 nitrogen and oxygen atoms in total. The van der Waals surface area contributed by atoms with Crippen molar-refractivity contribution in [3.8, 4) is 0 Å². The zero-order chi connectivity index (χ0) is 17.1. The van der Waals surface area contributed by atoms with Crippen molar-refractivity contribution in [1.82, 2.24) is 14.9 Å². The molecule has 1 aromatic carbocycles. The predicted octanol–water partition coefficient (Wildman–Crippen LogP) is 3.03. The zero-order valence-electron chi connectivity index (χ0n) is 14.7. The maximum absolute atomic E-state index is 6.04. The largest absolute Gasteiger partial charge is 0.368 e. The summed E-state index contributed by atoms with van der Waals surface area (Å²) in [5, 5.41) is 3.54. The van der Waals surface area contributed by atoms with E-state index in [4.69, 9.17) is 5.73 Å². The summed E-state index contributed by atoms with van der Waals surface area (Å²) in [7, 11) is 0. The number of aromatic nitrogens is 2. The number of hydrogen-bond acceptors (Lipinski definition) is 5. The Labute approximate surface area is 149 Å². The van der Waals surface area contributed by atoms with E-state index in [1.807, 2.05) is 0 Å². The lowest BCUT2D eigenvalue weighted by Crippen LogP contribution is -2.27. The minimum atomic E-state index is 0.328. The van der Waals surface area contributed by atoms with E-state index >= 15 is 0 Å². The number of benzene rings is 1. The lowest BCUT2D eigenvalue weighted by molar-refractivity contribution is 0.352. The third-order valence-electron chi connectivity index (χ3n) is 5.43. The van der Waals surface area contributed by atoms with Crippen LogP contribution in [0.2, 0.25) is 0 Å². The van der Waals surface area contributed by atoms with Gasteiger partial charge in [0.15, 0.2) is 0 Å². The van der Waals surface area contributed by atoms with Crippen LogP contribution in [0.25, 0.3) is 0 Å². The van der Waals surface area contributed by atoms with Gasteiger partial charge in [0.25, 0.3) is 0 Å². The van der Waals surface area contributed by atoms with Crippen molar-refractivity contribution >= 4 is 11.8 Å². The van der Waals surface area contributed by atoms with Crippen LogP contribution in [0.15, 0.2) is 30.3 Å². The topological polar surface area (TPSA) is 67.1 Å². The molecule has 2 aliphatic rings. The van der Waals surface area contributed by atoms with Gasteiger partial charge in [-0.3, -0.25) is 0 Å². The smallest absolute Gasteiger partial charge is 0.222 e. The maximum atomic E-state index is 6.04. The second kappa shape index (κ2) is 7.40. The number of likely N-dealkylation sites (tertiary alicyclic amines) is 1. The van der Waals surface area contributed by atoms with Crippen LogP contribution in [0.5, 0.6) is 0 Å². The molecule has 132 valence electrons. The second-order valence-corrected chi connectivity index (χ2v) is 7.13. The van der Waals surface area contributed by atoms with E-state index < -0.39 is 0 Å². The van der Waals surface area contributed by atoms with Gasteiger partial charge >= 0.3 is 0 Å². The highest BCUT2D eigenvalue weighted by Gasteiger charge is 2.26. The van der Waals surface area contributed by atoms with Crippen LogP contribution in [0.3, 0.4) is 0 Å². The van der Waals surface area contributed by atoms with Gasteiger partial charge in [-0.05, 0) is 50.8 Å². The molecule has 1 fully saturated rings. The summed E-state index contributed by atoms with van der Waals surface area (Å²) in [5.41, 5.74) is 9.75. The van der Waals surface area contributed by atoms with Gasteiger partial charge in [0.1, 0.15) is 5.82 Å². The summed E-state index contributed by atoms with van der Waals surface area (Å²) < 4.78 is 0. The Balaban J connectivity index is 1.55. The van der Waals surface area contributed by atoms with E-state index in [-0.39, 0.29) is 0 Å². The van der Waals surface area contributed by atoms with Gasteiger partial charge in [0.05, 0.1) is 5.69 Å². The van der Waals surface area contributed by atoms with Gasteiger partial charge in [-0.15, -0.1) is 0 Å². The Bertz CT molecular complexity index is 710. The molecular weight excluding hydrogens is 310 g/mol. The van der Waals surface area contributed by atoms with E-state index in [0.717, 1.165) is 37.4 Å². The molecule has 5 heteroatoms. The Morgan fingerprint density at radius 2 is 1.88 bits per heavy atom. The van der Waals surface area contributed by atoms with E-state index in [9.17, 15) is 0 Å². The second-order valence-electron chi connectivity index (χ2n) is 7.13. The van der Waals surface area contributed by atoms with E-state index in [1.54, 1.807) is 0 Å². The first-order chi connectivity index (χ1) is 12.3. The highest BCUT2D eigenvalue weighted by Crippen LogP contribution is 2.38. The van der Waals surface area contributed by atoms with E-state index in [2.05, 4.69) is 50.5 Å². The summed E-state index contributed by atoms with van der Waals surface area (Å²) in [5.74, 6) is 1.65. The van der Waals surface area contributed by atoms with Crippen LogP contribution in [-0.4, -0.2) is 41.0 Å². The minimum absolute atomic E-state index is 0.328. The molecule has 25 heavy (non-hydrogen) atoms. The third kappa shape index (κ3) is 3.61. The quantitative estimate of drug-likeness (QED) is 0.878. The maximum Gasteiger partial charge on any atom is 0.222 e. The van der Waals surface area contributed by atoms with Gasteiger partial charge in [-0.1, -0.05) is 30.3 Å². The Morgan fingerprint density at radius 1 is 1.08 bits per heavy atom. The van der Waals surface area contributed by atoms with Gasteiger partial charge in [-0.2, -0.15) is 4.98 Å². The van der Waals surface area contributed by atoms with Crippen molar-refractivity contribution in [3.05, 3.63) is 47.2 Å². The molecule has 1 saturated heterocycles. The fourth-order valence-electron chi connectivity index (χ4n) is 4.17. The number of hydrogen-bond donors (Lipinski definition) is 2. The summed E-state index contributed by atoms with van der Waals surface area (Å²) in [4.78, 5) is 11.7. The average Bonchev–Trinajstić information content (AvgIpc) is 3.15. The summed E-state index contributed by atoms with van der Waals surface area (Å²) in [6.07, 6.45) is 5.98. The van der Waals surface area contributed by atoms with Crippen LogP contribution in [0.1, 0.15) is 48.4 Å². The SMILES string of the molecule is Nc1nc(NCCN2CCCC2)c2c(n1)C(c1ccccc1)CCC2. The molecule has 2 aromatic rings. The van der Waals surface area contributed by atoms with Crippen LogP contribution < -0.4 is 11.1 Å². The zero-order valence-corrected chi connectivity index (χ0v) is 14.7. The first kappa shape index (κ1) is 16.3. The molecule has 1 atom stereocenters. The highest BCUT2D eigenvalue weighted by atomic mass is 15.2. The van der Waals surface area contributed by atoms with Crippen LogP contribution in [0.4, 0.5) is 11.8 Å². The van der Waals surface area contributed by atoms with Gasteiger partial charge < -0.3 is 16.0 Å². The van der Waals surface area contributed by atoms with Gasteiger partial charge in [0.2, 0.25) is 5.95 Å². The lowest BCUT2D eigenvalue weighted by Gasteiger charge is -2.27. The third-order valence-corrected chi connectivity index (χ3v) is 5.43. The lowest BCUT2D eigenvalue weighted by atomic mass is 9.82. The van der Waals surface area contributed by atoms with E-state index in [1.165, 1.54) is 43.5 Å². The molecule has 4 rings (SSSR count). The number of anilines is 2. The van der Waals surface area contributed by atoms with Gasteiger partial charge in [0, 0.05) is 24.6 Å². The molecule has 1 unspecified atom stereocenters. The summed E-state index contributed by atoms with van der Waals surface area (Å²) >= 11 is 0. The monoisotopic (exact) mass is 337 g/mol. The first-order valence-electron chi connectivity index (χ1n) is 9.49. The molecule has 0 radical (unpaired) electrons. The van der Waals surface area contributed by atoms with Crippen LogP contribution in [-0.2, 0) is 6.42 Å². The molecule has 1 aliphatic carbocycles. The molecule has 0 bridgehead atoms. The number of rotatable bonds is 5.